The van der Waals surface area contributed by atoms with Crippen molar-refractivity contribution in [2.45, 2.75) is 37.9 Å². The van der Waals surface area contributed by atoms with E-state index in [9.17, 15) is 8.42 Å². The summed E-state index contributed by atoms with van der Waals surface area (Å²) in [6.07, 6.45) is 3.54. The summed E-state index contributed by atoms with van der Waals surface area (Å²) in [5, 5.41) is 0.838. The van der Waals surface area contributed by atoms with Crippen molar-refractivity contribution >= 4 is 25.8 Å². The molecule has 6 heteroatoms. The van der Waals surface area contributed by atoms with Crippen LogP contribution in [0.3, 0.4) is 0 Å². The highest BCUT2D eigenvalue weighted by Gasteiger charge is 2.17. The summed E-state index contributed by atoms with van der Waals surface area (Å²) >= 11 is 3.53. The quantitative estimate of drug-likeness (QED) is 0.477. The van der Waals surface area contributed by atoms with Crippen molar-refractivity contribution in [1.82, 2.24) is 4.98 Å². The average molecular weight is 438 g/mol. The van der Waals surface area contributed by atoms with Gasteiger partial charge in [-0.1, -0.05) is 35.0 Å². The molecule has 1 aliphatic carbocycles. The van der Waals surface area contributed by atoms with Gasteiger partial charge in [0.15, 0.2) is 0 Å². The van der Waals surface area contributed by atoms with Gasteiger partial charge in [0.2, 0.25) is 5.88 Å². The Morgan fingerprint density at radius 3 is 2.77 bits per heavy atom. The third kappa shape index (κ3) is 4.65. The molecule has 4 nitrogen and oxygen atoms in total. The van der Waals surface area contributed by atoms with Crippen LogP contribution in [0.1, 0.15) is 36.6 Å². The van der Waals surface area contributed by atoms with Gasteiger partial charge in [-0.05, 0) is 54.5 Å². The molecule has 0 atom stereocenters. The summed E-state index contributed by atoms with van der Waals surface area (Å²) in [5.41, 5.74) is 6.14. The van der Waals surface area contributed by atoms with Gasteiger partial charge in [0.1, 0.15) is 9.84 Å². The molecule has 0 aliphatic heterocycles. The zero-order valence-electron chi connectivity index (χ0n) is 15.0. The Bertz CT molecular complexity index is 881. The number of pyridine rings is 1. The van der Waals surface area contributed by atoms with Crippen LogP contribution in [-0.2, 0) is 28.0 Å². The first kappa shape index (κ1) is 19.4. The van der Waals surface area contributed by atoms with E-state index < -0.39 is 9.84 Å². The van der Waals surface area contributed by atoms with Crippen molar-refractivity contribution < 1.29 is 13.2 Å². The zero-order chi connectivity index (χ0) is 18.6. The molecule has 0 saturated carbocycles. The number of aryl methyl sites for hydroxylation is 2. The minimum Gasteiger partial charge on any atom is -0.478 e. The van der Waals surface area contributed by atoms with Gasteiger partial charge in [0.05, 0.1) is 18.1 Å². The summed E-state index contributed by atoms with van der Waals surface area (Å²) in [6.45, 7) is 2.04. The highest BCUT2D eigenvalue weighted by molar-refractivity contribution is 9.08. The summed E-state index contributed by atoms with van der Waals surface area (Å²) in [6, 6.07) is 10.6. The Kier molecular flexibility index (Phi) is 6.35. The highest BCUT2D eigenvalue weighted by Crippen LogP contribution is 2.33. The van der Waals surface area contributed by atoms with Crippen LogP contribution in [0.4, 0.5) is 0 Å². The van der Waals surface area contributed by atoms with Gasteiger partial charge in [-0.25, -0.2) is 13.4 Å². The van der Waals surface area contributed by atoms with Gasteiger partial charge in [-0.3, -0.25) is 0 Å². The number of hydrogen-bond acceptors (Lipinski definition) is 4. The van der Waals surface area contributed by atoms with Crippen molar-refractivity contribution in [2.75, 3.05) is 18.1 Å². The molecule has 1 aromatic carbocycles. The fraction of sp³-hybridized carbons (Fsp3) is 0.450. The molecule has 26 heavy (non-hydrogen) atoms. The Labute approximate surface area is 164 Å². The fourth-order valence-electron chi connectivity index (χ4n) is 3.22. The van der Waals surface area contributed by atoms with Gasteiger partial charge < -0.3 is 4.74 Å². The van der Waals surface area contributed by atoms with E-state index >= 15 is 0 Å². The number of rotatable bonds is 7. The van der Waals surface area contributed by atoms with Crippen molar-refractivity contribution in [3.8, 4) is 17.0 Å². The minimum absolute atomic E-state index is 0.164. The number of aromatic nitrogens is 1. The van der Waals surface area contributed by atoms with Crippen molar-refractivity contribution in [3.05, 3.63) is 47.2 Å². The topological polar surface area (TPSA) is 56.3 Å². The molecule has 0 amide bonds. The predicted octanol–water partition coefficient (Wildman–Crippen LogP) is 4.34. The number of halogens is 1. The standard InChI is InChI=1S/C20H24BrNO3S/c1-2-26(23,24)12-4-11-25-20-10-9-17-18-13-15(14-21)7-8-16(18)5-3-6-19(17)22-20/h7-10,13H,2-6,11-12,14H2,1H3. The maximum Gasteiger partial charge on any atom is 0.213 e. The molecule has 0 N–H and O–H groups in total. The van der Waals surface area contributed by atoms with E-state index in [4.69, 9.17) is 9.72 Å². The molecule has 0 bridgehead atoms. The van der Waals surface area contributed by atoms with Crippen molar-refractivity contribution in [3.63, 3.8) is 0 Å². The van der Waals surface area contributed by atoms with Gasteiger partial charge in [-0.15, -0.1) is 0 Å². The van der Waals surface area contributed by atoms with Crippen LogP contribution in [0.25, 0.3) is 11.1 Å². The van der Waals surface area contributed by atoms with E-state index in [-0.39, 0.29) is 11.5 Å². The van der Waals surface area contributed by atoms with E-state index in [2.05, 4.69) is 40.2 Å². The van der Waals surface area contributed by atoms with Crippen LogP contribution in [0.15, 0.2) is 30.3 Å². The summed E-state index contributed by atoms with van der Waals surface area (Å²) in [4.78, 5) is 4.70. The Balaban J connectivity index is 1.75. The SMILES string of the molecule is CCS(=O)(=O)CCCOc1ccc2c(n1)CCCc1ccc(CBr)cc1-2. The van der Waals surface area contributed by atoms with E-state index in [1.54, 1.807) is 6.92 Å². The first-order valence-electron chi connectivity index (χ1n) is 9.03. The minimum atomic E-state index is -2.94. The van der Waals surface area contributed by atoms with Gasteiger partial charge >= 0.3 is 0 Å². The number of ether oxygens (including phenoxy) is 1. The molecule has 0 saturated heterocycles. The molecule has 0 fully saturated rings. The molecule has 0 unspecified atom stereocenters. The maximum absolute atomic E-state index is 11.5. The predicted molar refractivity (Wildman–Crippen MR) is 109 cm³/mol. The Morgan fingerprint density at radius 2 is 2.00 bits per heavy atom. The third-order valence-electron chi connectivity index (χ3n) is 4.72. The molecule has 1 aromatic heterocycles. The highest BCUT2D eigenvalue weighted by atomic mass is 79.9. The van der Waals surface area contributed by atoms with Gasteiger partial charge in [0.25, 0.3) is 0 Å². The second-order valence-corrected chi connectivity index (χ2v) is 9.59. The monoisotopic (exact) mass is 437 g/mol. The fourth-order valence-corrected chi connectivity index (χ4v) is 4.41. The lowest BCUT2D eigenvalue weighted by molar-refractivity contribution is 0.304. The number of fused-ring (bicyclic) bond motifs is 3. The van der Waals surface area contributed by atoms with Crippen molar-refractivity contribution in [1.29, 1.82) is 0 Å². The number of nitrogens with zero attached hydrogens (tertiary/aromatic N) is 1. The lowest BCUT2D eigenvalue weighted by Crippen LogP contribution is -2.12. The molecule has 1 heterocycles. The summed E-state index contributed by atoms with van der Waals surface area (Å²) in [7, 11) is -2.94. The van der Waals surface area contributed by atoms with Crippen LogP contribution in [0.2, 0.25) is 0 Å². The van der Waals surface area contributed by atoms with Gasteiger partial charge in [-0.2, -0.15) is 0 Å². The van der Waals surface area contributed by atoms with Crippen LogP contribution in [0.5, 0.6) is 5.88 Å². The maximum atomic E-state index is 11.5. The average Bonchev–Trinajstić information content (AvgIpc) is 2.83. The van der Waals surface area contributed by atoms with E-state index in [0.717, 1.165) is 30.3 Å². The first-order valence-corrected chi connectivity index (χ1v) is 12.0. The smallest absolute Gasteiger partial charge is 0.213 e. The molecule has 2 aromatic rings. The third-order valence-corrected chi connectivity index (χ3v) is 7.15. The van der Waals surface area contributed by atoms with E-state index in [1.807, 2.05) is 6.07 Å². The van der Waals surface area contributed by atoms with Crippen LogP contribution < -0.4 is 4.74 Å². The molecule has 0 radical (unpaired) electrons. The summed E-state index contributed by atoms with van der Waals surface area (Å²) < 4.78 is 28.8. The van der Waals surface area contributed by atoms with E-state index in [1.165, 1.54) is 22.3 Å². The normalized spacial score (nSPS) is 13.6. The van der Waals surface area contributed by atoms with Crippen LogP contribution in [-0.4, -0.2) is 31.5 Å². The largest absolute Gasteiger partial charge is 0.478 e. The Morgan fingerprint density at radius 1 is 1.15 bits per heavy atom. The van der Waals surface area contributed by atoms with Crippen LogP contribution >= 0.6 is 15.9 Å². The second kappa shape index (κ2) is 8.53. The molecule has 0 spiro atoms. The Hall–Kier alpha value is -1.40. The molecular weight excluding hydrogens is 414 g/mol. The zero-order valence-corrected chi connectivity index (χ0v) is 17.4. The first-order chi connectivity index (χ1) is 12.5. The number of alkyl halides is 1. The number of hydrogen-bond donors (Lipinski definition) is 0. The van der Waals surface area contributed by atoms with E-state index in [0.29, 0.717) is 18.9 Å². The number of benzene rings is 1. The lowest BCUT2D eigenvalue weighted by Gasteiger charge is -2.12. The lowest BCUT2D eigenvalue weighted by atomic mass is 9.97. The molecule has 140 valence electrons. The number of sulfone groups is 1. The molecular formula is C20H24BrNO3S. The van der Waals surface area contributed by atoms with Crippen LogP contribution in [0, 0.1) is 0 Å². The molecule has 3 rings (SSSR count). The molecule has 1 aliphatic rings. The summed E-state index contributed by atoms with van der Waals surface area (Å²) in [5.74, 6) is 0.926. The van der Waals surface area contributed by atoms with Crippen molar-refractivity contribution in [2.24, 2.45) is 0 Å². The van der Waals surface area contributed by atoms with Gasteiger partial charge in [0, 0.05) is 22.7 Å². The second-order valence-electron chi connectivity index (χ2n) is 6.56.